The van der Waals surface area contributed by atoms with Crippen LogP contribution in [0.25, 0.3) is 11.1 Å². The lowest BCUT2D eigenvalue weighted by Crippen LogP contribution is -2.48. The summed E-state index contributed by atoms with van der Waals surface area (Å²) < 4.78 is 32.7. The number of alkyl carbamates (subject to hydrolysis) is 1. The van der Waals surface area contributed by atoms with E-state index in [9.17, 15) is 18.7 Å². The average molecular weight is 423 g/mol. The van der Waals surface area contributed by atoms with Gasteiger partial charge in [-0.3, -0.25) is 0 Å². The van der Waals surface area contributed by atoms with Crippen LogP contribution in [0.15, 0.2) is 66.7 Å². The van der Waals surface area contributed by atoms with E-state index in [0.717, 1.165) is 34.4 Å². The predicted molar refractivity (Wildman–Crippen MR) is 114 cm³/mol. The SMILES string of the molecule is CC(C)(NC(=O)OCC1c2ccccc2-c2ccccc21)C(O)c1ccc(F)cc1F. The highest BCUT2D eigenvalue weighted by molar-refractivity contribution is 5.79. The number of hydrogen-bond acceptors (Lipinski definition) is 3. The van der Waals surface area contributed by atoms with E-state index in [-0.39, 0.29) is 18.1 Å². The molecule has 0 fully saturated rings. The predicted octanol–water partition coefficient (Wildman–Crippen LogP) is 5.32. The highest BCUT2D eigenvalue weighted by Crippen LogP contribution is 2.44. The van der Waals surface area contributed by atoms with Crippen molar-refractivity contribution in [3.8, 4) is 11.1 Å². The van der Waals surface area contributed by atoms with Crippen molar-refractivity contribution in [2.45, 2.75) is 31.4 Å². The van der Waals surface area contributed by atoms with Crippen LogP contribution < -0.4 is 5.32 Å². The molecule has 2 N–H and O–H groups in total. The third-order valence-electron chi connectivity index (χ3n) is 5.71. The molecule has 0 saturated carbocycles. The molecule has 3 aromatic carbocycles. The van der Waals surface area contributed by atoms with E-state index >= 15 is 0 Å². The van der Waals surface area contributed by atoms with Gasteiger partial charge in [-0.1, -0.05) is 54.6 Å². The molecule has 0 heterocycles. The Kier molecular flexibility index (Phi) is 5.50. The van der Waals surface area contributed by atoms with Gasteiger partial charge < -0.3 is 15.2 Å². The van der Waals surface area contributed by atoms with Gasteiger partial charge in [0.1, 0.15) is 24.3 Å². The number of fused-ring (bicyclic) bond motifs is 3. The number of aliphatic hydroxyl groups excluding tert-OH is 1. The number of hydrogen-bond donors (Lipinski definition) is 2. The van der Waals surface area contributed by atoms with Gasteiger partial charge in [0.2, 0.25) is 0 Å². The normalized spacial score (nSPS) is 14.0. The minimum atomic E-state index is -1.39. The molecule has 3 aromatic rings. The first kappa shape index (κ1) is 21.0. The highest BCUT2D eigenvalue weighted by atomic mass is 19.1. The van der Waals surface area contributed by atoms with Crippen LogP contribution in [0.3, 0.4) is 0 Å². The molecule has 6 heteroatoms. The summed E-state index contributed by atoms with van der Waals surface area (Å²) in [5.74, 6) is -1.72. The maximum Gasteiger partial charge on any atom is 0.407 e. The van der Waals surface area contributed by atoms with Crippen LogP contribution in [0.1, 0.15) is 42.6 Å². The van der Waals surface area contributed by atoms with Crippen LogP contribution in [-0.2, 0) is 4.74 Å². The van der Waals surface area contributed by atoms with Gasteiger partial charge in [0, 0.05) is 17.5 Å². The zero-order valence-corrected chi connectivity index (χ0v) is 17.2. The summed E-state index contributed by atoms with van der Waals surface area (Å²) >= 11 is 0. The number of aliphatic hydroxyl groups is 1. The van der Waals surface area contributed by atoms with Crippen molar-refractivity contribution in [1.29, 1.82) is 0 Å². The average Bonchev–Trinajstić information content (AvgIpc) is 3.05. The Bertz CT molecular complexity index is 1080. The van der Waals surface area contributed by atoms with Crippen molar-refractivity contribution < 1.29 is 23.4 Å². The molecule has 4 rings (SSSR count). The Labute approximate surface area is 179 Å². The van der Waals surface area contributed by atoms with Crippen molar-refractivity contribution >= 4 is 6.09 Å². The maximum absolute atomic E-state index is 14.1. The number of amides is 1. The second kappa shape index (κ2) is 8.12. The van der Waals surface area contributed by atoms with Crippen molar-refractivity contribution in [2.24, 2.45) is 0 Å². The molecule has 0 bridgehead atoms. The number of ether oxygens (including phenoxy) is 1. The van der Waals surface area contributed by atoms with Crippen LogP contribution >= 0.6 is 0 Å². The highest BCUT2D eigenvalue weighted by Gasteiger charge is 2.34. The molecule has 1 unspecified atom stereocenters. The van der Waals surface area contributed by atoms with Gasteiger partial charge in [-0.15, -0.1) is 0 Å². The molecule has 4 nitrogen and oxygen atoms in total. The zero-order chi connectivity index (χ0) is 22.2. The fourth-order valence-electron chi connectivity index (χ4n) is 4.08. The van der Waals surface area contributed by atoms with E-state index in [1.807, 2.05) is 48.5 Å². The van der Waals surface area contributed by atoms with Crippen molar-refractivity contribution in [3.63, 3.8) is 0 Å². The summed E-state index contributed by atoms with van der Waals surface area (Å²) in [6.07, 6.45) is -2.12. The third kappa shape index (κ3) is 4.03. The molecule has 1 aliphatic rings. The van der Waals surface area contributed by atoms with E-state index < -0.39 is 29.4 Å². The van der Waals surface area contributed by atoms with Gasteiger partial charge in [0.05, 0.1) is 5.54 Å². The Morgan fingerprint density at radius 2 is 1.61 bits per heavy atom. The zero-order valence-electron chi connectivity index (χ0n) is 17.2. The Morgan fingerprint density at radius 3 is 2.19 bits per heavy atom. The summed E-state index contributed by atoms with van der Waals surface area (Å²) in [7, 11) is 0. The molecule has 0 aliphatic heterocycles. The number of rotatable bonds is 5. The first-order valence-corrected chi connectivity index (χ1v) is 10.0. The van der Waals surface area contributed by atoms with Gasteiger partial charge in [0.25, 0.3) is 0 Å². The van der Waals surface area contributed by atoms with Gasteiger partial charge in [-0.05, 0) is 42.2 Å². The molecular formula is C25H23F2NO3. The molecule has 31 heavy (non-hydrogen) atoms. The van der Waals surface area contributed by atoms with E-state index in [1.54, 1.807) is 13.8 Å². The van der Waals surface area contributed by atoms with E-state index in [1.165, 1.54) is 0 Å². The summed E-state index contributed by atoms with van der Waals surface area (Å²) in [5, 5.41) is 13.2. The molecule has 0 spiro atoms. The smallest absolute Gasteiger partial charge is 0.407 e. The Balaban J connectivity index is 1.46. The number of halogens is 2. The molecule has 0 radical (unpaired) electrons. The van der Waals surface area contributed by atoms with Crippen LogP contribution in [0, 0.1) is 11.6 Å². The molecular weight excluding hydrogens is 400 g/mol. The lowest BCUT2D eigenvalue weighted by atomic mass is 9.91. The number of carbonyl (C=O) groups is 1. The lowest BCUT2D eigenvalue weighted by Gasteiger charge is -2.32. The summed E-state index contributed by atoms with van der Waals surface area (Å²) in [6.45, 7) is 3.21. The summed E-state index contributed by atoms with van der Waals surface area (Å²) in [6, 6.07) is 18.9. The van der Waals surface area contributed by atoms with Crippen LogP contribution in [0.5, 0.6) is 0 Å². The fourth-order valence-corrected chi connectivity index (χ4v) is 4.08. The number of benzene rings is 3. The number of carbonyl (C=O) groups excluding carboxylic acids is 1. The largest absolute Gasteiger partial charge is 0.449 e. The number of nitrogens with one attached hydrogen (secondary N) is 1. The van der Waals surface area contributed by atoms with Crippen LogP contribution in [0.2, 0.25) is 0 Å². The molecule has 0 saturated heterocycles. The second-order valence-electron chi connectivity index (χ2n) is 8.24. The Hall–Kier alpha value is -3.25. The standard InChI is InChI=1S/C25H23F2NO3/c1-25(2,23(29)20-12-11-15(26)13-22(20)27)28-24(30)31-14-21-18-9-5-3-7-16(18)17-8-4-6-10-19(17)21/h3-13,21,23,29H,14H2,1-2H3,(H,28,30). The van der Waals surface area contributed by atoms with Crippen molar-refractivity contribution in [2.75, 3.05) is 6.61 Å². The van der Waals surface area contributed by atoms with Gasteiger partial charge in [-0.2, -0.15) is 0 Å². The molecule has 1 atom stereocenters. The Morgan fingerprint density at radius 1 is 1.03 bits per heavy atom. The van der Waals surface area contributed by atoms with Crippen molar-refractivity contribution in [3.05, 3.63) is 95.1 Å². The first-order chi connectivity index (χ1) is 14.8. The minimum absolute atomic E-state index is 0.0965. The minimum Gasteiger partial charge on any atom is -0.449 e. The second-order valence-corrected chi connectivity index (χ2v) is 8.24. The topological polar surface area (TPSA) is 58.6 Å². The summed E-state index contributed by atoms with van der Waals surface area (Å²) in [4.78, 5) is 12.5. The van der Waals surface area contributed by atoms with Crippen LogP contribution in [-0.4, -0.2) is 23.3 Å². The molecule has 1 amide bonds. The monoisotopic (exact) mass is 423 g/mol. The van der Waals surface area contributed by atoms with Gasteiger partial charge in [-0.25, -0.2) is 13.6 Å². The quantitative estimate of drug-likeness (QED) is 0.584. The fraction of sp³-hybridized carbons (Fsp3) is 0.240. The van der Waals surface area contributed by atoms with E-state index in [4.69, 9.17) is 4.74 Å². The molecule has 1 aliphatic carbocycles. The summed E-state index contributed by atoms with van der Waals surface area (Å²) in [5.41, 5.74) is 3.06. The van der Waals surface area contributed by atoms with Gasteiger partial charge >= 0.3 is 6.09 Å². The van der Waals surface area contributed by atoms with Crippen molar-refractivity contribution in [1.82, 2.24) is 5.32 Å². The molecule has 0 aromatic heterocycles. The molecule has 160 valence electrons. The third-order valence-corrected chi connectivity index (χ3v) is 5.71. The van der Waals surface area contributed by atoms with Gasteiger partial charge in [0.15, 0.2) is 0 Å². The first-order valence-electron chi connectivity index (χ1n) is 10.0. The van der Waals surface area contributed by atoms with E-state index in [0.29, 0.717) is 6.07 Å². The van der Waals surface area contributed by atoms with Crippen LogP contribution in [0.4, 0.5) is 13.6 Å². The lowest BCUT2D eigenvalue weighted by molar-refractivity contribution is 0.0656. The maximum atomic E-state index is 14.1. The van der Waals surface area contributed by atoms with E-state index in [2.05, 4.69) is 5.32 Å².